The Hall–Kier alpha value is -1.36. The SMILES string of the molecule is CCN(Cc1cnn(C)c1)C(=O)C(CC)(CC)CN. The zero-order valence-electron chi connectivity index (χ0n) is 12.5. The van der Waals surface area contributed by atoms with Crippen LogP contribution in [0, 0.1) is 5.41 Å². The van der Waals surface area contributed by atoms with Gasteiger partial charge in [-0.15, -0.1) is 0 Å². The van der Waals surface area contributed by atoms with Crippen LogP contribution in [0.5, 0.6) is 0 Å². The zero-order chi connectivity index (χ0) is 14.5. The molecule has 0 spiro atoms. The van der Waals surface area contributed by atoms with Gasteiger partial charge in [-0.1, -0.05) is 13.8 Å². The number of hydrogen-bond donors (Lipinski definition) is 1. The van der Waals surface area contributed by atoms with Crippen molar-refractivity contribution in [3.05, 3.63) is 18.0 Å². The third-order valence-electron chi connectivity index (χ3n) is 4.00. The number of aryl methyl sites for hydroxylation is 1. The van der Waals surface area contributed by atoms with Crippen molar-refractivity contribution in [1.29, 1.82) is 0 Å². The molecule has 0 fully saturated rings. The van der Waals surface area contributed by atoms with E-state index in [0.717, 1.165) is 18.4 Å². The van der Waals surface area contributed by atoms with Gasteiger partial charge >= 0.3 is 0 Å². The second-order valence-corrected chi connectivity index (χ2v) is 5.03. The molecule has 1 aromatic heterocycles. The number of rotatable bonds is 7. The average molecular weight is 266 g/mol. The molecule has 0 radical (unpaired) electrons. The third-order valence-corrected chi connectivity index (χ3v) is 4.00. The first-order valence-corrected chi connectivity index (χ1v) is 6.99. The molecule has 0 aliphatic rings. The Balaban J connectivity index is 2.86. The number of carbonyl (C=O) groups excluding carboxylic acids is 1. The number of nitrogens with two attached hydrogens (primary N) is 1. The summed E-state index contributed by atoms with van der Waals surface area (Å²) in [6, 6.07) is 0. The first-order valence-electron chi connectivity index (χ1n) is 6.99. The Bertz CT molecular complexity index is 401. The van der Waals surface area contributed by atoms with E-state index in [-0.39, 0.29) is 5.91 Å². The first-order chi connectivity index (χ1) is 9.02. The lowest BCUT2D eigenvalue weighted by atomic mass is 9.81. The Morgan fingerprint density at radius 3 is 2.42 bits per heavy atom. The summed E-state index contributed by atoms with van der Waals surface area (Å²) in [5.41, 5.74) is 6.49. The largest absolute Gasteiger partial charge is 0.338 e. The molecule has 0 atom stereocenters. The summed E-state index contributed by atoms with van der Waals surface area (Å²) in [4.78, 5) is 14.6. The summed E-state index contributed by atoms with van der Waals surface area (Å²) in [7, 11) is 1.88. The smallest absolute Gasteiger partial charge is 0.230 e. The Kier molecular flexibility index (Phi) is 5.54. The van der Waals surface area contributed by atoms with E-state index in [1.54, 1.807) is 10.9 Å². The predicted molar refractivity (Wildman–Crippen MR) is 76.4 cm³/mol. The van der Waals surface area contributed by atoms with E-state index in [1.807, 2.05) is 38.9 Å². The van der Waals surface area contributed by atoms with Crippen molar-refractivity contribution >= 4 is 5.91 Å². The number of carbonyl (C=O) groups is 1. The highest BCUT2D eigenvalue weighted by molar-refractivity contribution is 5.83. The Labute approximate surface area is 115 Å². The molecule has 0 saturated carbocycles. The van der Waals surface area contributed by atoms with Gasteiger partial charge in [0.05, 0.1) is 11.6 Å². The standard InChI is InChI=1S/C14H26N4O/c1-5-14(6-2,11-15)13(19)18(7-3)10-12-8-16-17(4)9-12/h8-9H,5-7,10-11,15H2,1-4H3. The van der Waals surface area contributed by atoms with Crippen LogP contribution >= 0.6 is 0 Å². The van der Waals surface area contributed by atoms with E-state index in [2.05, 4.69) is 5.10 Å². The van der Waals surface area contributed by atoms with Crippen LogP contribution in [0.25, 0.3) is 0 Å². The first kappa shape index (κ1) is 15.7. The van der Waals surface area contributed by atoms with Gasteiger partial charge in [-0.05, 0) is 19.8 Å². The van der Waals surface area contributed by atoms with Crippen molar-refractivity contribution in [2.75, 3.05) is 13.1 Å². The lowest BCUT2D eigenvalue weighted by Gasteiger charge is -2.34. The van der Waals surface area contributed by atoms with Crippen LogP contribution in [0.15, 0.2) is 12.4 Å². The summed E-state index contributed by atoms with van der Waals surface area (Å²) in [6.45, 7) is 7.77. The van der Waals surface area contributed by atoms with Gasteiger partial charge in [-0.25, -0.2) is 0 Å². The lowest BCUT2D eigenvalue weighted by molar-refractivity contribution is -0.142. The number of hydrogen-bond acceptors (Lipinski definition) is 3. The maximum atomic E-state index is 12.7. The maximum absolute atomic E-state index is 12.7. The van der Waals surface area contributed by atoms with Gasteiger partial charge in [0, 0.05) is 38.4 Å². The van der Waals surface area contributed by atoms with E-state index in [1.165, 1.54) is 0 Å². The van der Waals surface area contributed by atoms with Gasteiger partial charge in [0.1, 0.15) is 0 Å². The highest BCUT2D eigenvalue weighted by atomic mass is 16.2. The van der Waals surface area contributed by atoms with Crippen LogP contribution in [0.3, 0.4) is 0 Å². The van der Waals surface area contributed by atoms with Gasteiger partial charge in [-0.2, -0.15) is 5.10 Å². The number of nitrogens with zero attached hydrogens (tertiary/aromatic N) is 3. The predicted octanol–water partition coefficient (Wildman–Crippen LogP) is 1.53. The molecule has 19 heavy (non-hydrogen) atoms. The summed E-state index contributed by atoms with van der Waals surface area (Å²) in [5, 5.41) is 4.14. The van der Waals surface area contributed by atoms with Crippen LogP contribution in [0.1, 0.15) is 39.2 Å². The van der Waals surface area contributed by atoms with Crippen LogP contribution in [0.4, 0.5) is 0 Å². The topological polar surface area (TPSA) is 64.2 Å². The van der Waals surface area contributed by atoms with Gasteiger partial charge in [0.25, 0.3) is 0 Å². The minimum Gasteiger partial charge on any atom is -0.338 e. The Morgan fingerprint density at radius 2 is 2.05 bits per heavy atom. The number of amides is 1. The monoisotopic (exact) mass is 266 g/mol. The van der Waals surface area contributed by atoms with Gasteiger partial charge in [0.15, 0.2) is 0 Å². The van der Waals surface area contributed by atoms with E-state index in [4.69, 9.17) is 5.73 Å². The molecule has 1 amide bonds. The van der Waals surface area contributed by atoms with E-state index < -0.39 is 5.41 Å². The fourth-order valence-corrected chi connectivity index (χ4v) is 2.36. The molecule has 108 valence electrons. The molecule has 0 bridgehead atoms. The van der Waals surface area contributed by atoms with Crippen molar-refractivity contribution in [1.82, 2.24) is 14.7 Å². The molecule has 0 aliphatic heterocycles. The molecule has 0 aliphatic carbocycles. The molecule has 1 heterocycles. The van der Waals surface area contributed by atoms with E-state index >= 15 is 0 Å². The molecule has 1 rings (SSSR count). The minimum absolute atomic E-state index is 0.159. The second kappa shape index (κ2) is 6.70. The lowest BCUT2D eigenvalue weighted by Crippen LogP contribution is -2.47. The van der Waals surface area contributed by atoms with Crippen molar-refractivity contribution in [2.45, 2.75) is 40.2 Å². The van der Waals surface area contributed by atoms with Gasteiger partial charge < -0.3 is 10.6 Å². The normalized spacial score (nSPS) is 11.6. The van der Waals surface area contributed by atoms with Crippen LogP contribution in [-0.4, -0.2) is 33.7 Å². The fraction of sp³-hybridized carbons (Fsp3) is 0.714. The van der Waals surface area contributed by atoms with E-state index in [0.29, 0.717) is 19.6 Å². The maximum Gasteiger partial charge on any atom is 0.230 e. The molecule has 0 unspecified atom stereocenters. The number of aromatic nitrogens is 2. The minimum atomic E-state index is -0.418. The van der Waals surface area contributed by atoms with Crippen molar-refractivity contribution in [3.63, 3.8) is 0 Å². The third kappa shape index (κ3) is 3.35. The average Bonchev–Trinajstić information content (AvgIpc) is 2.84. The molecule has 5 heteroatoms. The Morgan fingerprint density at radius 1 is 1.42 bits per heavy atom. The molecular formula is C14H26N4O. The fourth-order valence-electron chi connectivity index (χ4n) is 2.36. The van der Waals surface area contributed by atoms with Crippen LogP contribution in [-0.2, 0) is 18.4 Å². The summed E-state index contributed by atoms with van der Waals surface area (Å²) in [6.07, 6.45) is 5.31. The van der Waals surface area contributed by atoms with Crippen molar-refractivity contribution in [3.8, 4) is 0 Å². The molecule has 1 aromatic rings. The van der Waals surface area contributed by atoms with Crippen LogP contribution in [0.2, 0.25) is 0 Å². The van der Waals surface area contributed by atoms with Crippen molar-refractivity contribution < 1.29 is 4.79 Å². The molecule has 0 aromatic carbocycles. The molecule has 0 saturated heterocycles. The summed E-state index contributed by atoms with van der Waals surface area (Å²) >= 11 is 0. The molecule has 2 N–H and O–H groups in total. The van der Waals surface area contributed by atoms with E-state index in [9.17, 15) is 4.79 Å². The molecular weight excluding hydrogens is 240 g/mol. The quantitative estimate of drug-likeness (QED) is 0.814. The van der Waals surface area contributed by atoms with Crippen molar-refractivity contribution in [2.24, 2.45) is 18.2 Å². The summed E-state index contributed by atoms with van der Waals surface area (Å²) in [5.74, 6) is 0.159. The second-order valence-electron chi connectivity index (χ2n) is 5.03. The van der Waals surface area contributed by atoms with Gasteiger partial charge in [-0.3, -0.25) is 9.48 Å². The van der Waals surface area contributed by atoms with Gasteiger partial charge in [0.2, 0.25) is 5.91 Å². The molecule has 5 nitrogen and oxygen atoms in total. The summed E-state index contributed by atoms with van der Waals surface area (Å²) < 4.78 is 1.75. The highest BCUT2D eigenvalue weighted by Crippen LogP contribution is 2.28. The highest BCUT2D eigenvalue weighted by Gasteiger charge is 2.36. The zero-order valence-corrected chi connectivity index (χ0v) is 12.5. The van der Waals surface area contributed by atoms with Crippen LogP contribution < -0.4 is 5.73 Å².